The number of nitrogen functional groups attached to an aromatic ring is 1. The number of hydrogen-bond acceptors (Lipinski definition) is 3. The Balaban J connectivity index is 2.40. The molecule has 1 aromatic heterocycles. The Morgan fingerprint density at radius 2 is 1.89 bits per heavy atom. The highest BCUT2D eigenvalue weighted by molar-refractivity contribution is 6.30. The zero-order chi connectivity index (χ0) is 13.3. The van der Waals surface area contributed by atoms with Crippen molar-refractivity contribution in [2.75, 3.05) is 5.73 Å². The van der Waals surface area contributed by atoms with Crippen LogP contribution in [0.15, 0.2) is 24.3 Å². The fourth-order valence-corrected chi connectivity index (χ4v) is 1.37. The van der Waals surface area contributed by atoms with Crippen molar-refractivity contribution >= 4 is 17.4 Å². The minimum Gasteiger partial charge on any atom is -0.433 e. The Kier molecular flexibility index (Phi) is 3.29. The number of aromatic nitrogens is 1. The molecule has 2 N–H and O–H groups in total. The third kappa shape index (κ3) is 2.33. The molecule has 1 aromatic carbocycles. The van der Waals surface area contributed by atoms with E-state index in [0.717, 1.165) is 0 Å². The SMILES string of the molecule is Nc1nc(Oc2cccc(Cl)c2F)c(F)cc1F. The molecule has 18 heavy (non-hydrogen) atoms. The maximum absolute atomic E-state index is 13.5. The molecule has 3 nitrogen and oxygen atoms in total. The number of nitrogens with zero attached hydrogens (tertiary/aromatic N) is 1. The monoisotopic (exact) mass is 274 g/mol. The van der Waals surface area contributed by atoms with Crippen molar-refractivity contribution in [1.29, 1.82) is 0 Å². The molecule has 0 aliphatic carbocycles. The van der Waals surface area contributed by atoms with Crippen LogP contribution in [-0.2, 0) is 0 Å². The molecule has 0 radical (unpaired) electrons. The zero-order valence-corrected chi connectivity index (χ0v) is 9.51. The van der Waals surface area contributed by atoms with E-state index in [2.05, 4.69) is 4.98 Å². The van der Waals surface area contributed by atoms with Gasteiger partial charge in [0.25, 0.3) is 5.88 Å². The Morgan fingerprint density at radius 1 is 1.17 bits per heavy atom. The van der Waals surface area contributed by atoms with Crippen molar-refractivity contribution in [1.82, 2.24) is 4.98 Å². The van der Waals surface area contributed by atoms with Crippen LogP contribution in [0.25, 0.3) is 0 Å². The molecular weight excluding hydrogens is 269 g/mol. The van der Waals surface area contributed by atoms with E-state index in [1.54, 1.807) is 0 Å². The summed E-state index contributed by atoms with van der Waals surface area (Å²) in [5, 5.41) is -0.192. The number of hydrogen-bond donors (Lipinski definition) is 1. The van der Waals surface area contributed by atoms with Gasteiger partial charge in [-0.25, -0.2) is 13.2 Å². The van der Waals surface area contributed by atoms with E-state index in [-0.39, 0.29) is 10.8 Å². The van der Waals surface area contributed by atoms with Crippen molar-refractivity contribution in [2.24, 2.45) is 0 Å². The van der Waals surface area contributed by atoms with Crippen molar-refractivity contribution in [3.8, 4) is 11.6 Å². The number of ether oxygens (including phenoxy) is 1. The van der Waals surface area contributed by atoms with Gasteiger partial charge in [-0.15, -0.1) is 0 Å². The van der Waals surface area contributed by atoms with E-state index in [0.29, 0.717) is 6.07 Å². The Labute approximate surface area is 105 Å². The van der Waals surface area contributed by atoms with Crippen molar-refractivity contribution in [3.05, 3.63) is 46.7 Å². The number of nitrogens with two attached hydrogens (primary N) is 1. The highest BCUT2D eigenvalue weighted by Gasteiger charge is 2.15. The second-order valence-electron chi connectivity index (χ2n) is 3.30. The van der Waals surface area contributed by atoms with Crippen LogP contribution in [0.1, 0.15) is 0 Å². The molecule has 2 aromatic rings. The summed E-state index contributed by atoms with van der Waals surface area (Å²) in [5.74, 6) is -4.50. The van der Waals surface area contributed by atoms with Crippen LogP contribution in [0.3, 0.4) is 0 Å². The normalized spacial score (nSPS) is 10.4. The summed E-state index contributed by atoms with van der Waals surface area (Å²) in [6.07, 6.45) is 0. The van der Waals surface area contributed by atoms with Gasteiger partial charge in [-0.3, -0.25) is 0 Å². The van der Waals surface area contributed by atoms with E-state index in [9.17, 15) is 13.2 Å². The molecule has 0 fully saturated rings. The molecule has 0 unspecified atom stereocenters. The maximum Gasteiger partial charge on any atom is 0.258 e. The Hall–Kier alpha value is -1.95. The predicted molar refractivity (Wildman–Crippen MR) is 60.0 cm³/mol. The smallest absolute Gasteiger partial charge is 0.258 e. The molecular formula is C11H6ClF3N2O. The molecule has 0 saturated heterocycles. The molecule has 1 heterocycles. The van der Waals surface area contributed by atoms with Gasteiger partial charge in [-0.05, 0) is 12.1 Å². The summed E-state index contributed by atoms with van der Waals surface area (Å²) in [6, 6.07) is 4.43. The van der Waals surface area contributed by atoms with Crippen LogP contribution in [0.2, 0.25) is 5.02 Å². The van der Waals surface area contributed by atoms with Crippen molar-refractivity contribution in [3.63, 3.8) is 0 Å². The average molecular weight is 275 g/mol. The number of anilines is 1. The first-order chi connectivity index (χ1) is 8.49. The lowest BCUT2D eigenvalue weighted by molar-refractivity contribution is 0.395. The standard InChI is InChI=1S/C11H6ClF3N2O/c12-5-2-1-3-8(9(5)15)18-11-7(14)4-6(13)10(16)17-11/h1-4H,(H2,16,17). The predicted octanol–water partition coefficient (Wildman–Crippen LogP) is 3.53. The van der Waals surface area contributed by atoms with Gasteiger partial charge in [0.05, 0.1) is 5.02 Å². The first-order valence-corrected chi connectivity index (χ1v) is 5.10. The van der Waals surface area contributed by atoms with Crippen molar-refractivity contribution < 1.29 is 17.9 Å². The Morgan fingerprint density at radius 3 is 2.61 bits per heavy atom. The van der Waals surface area contributed by atoms with Gasteiger partial charge in [0, 0.05) is 6.07 Å². The van der Waals surface area contributed by atoms with E-state index in [4.69, 9.17) is 22.1 Å². The Bertz CT molecular complexity index is 607. The summed E-state index contributed by atoms with van der Waals surface area (Å²) in [6.45, 7) is 0. The van der Waals surface area contributed by atoms with Gasteiger partial charge in [0.15, 0.2) is 29.0 Å². The van der Waals surface area contributed by atoms with E-state index in [1.807, 2.05) is 0 Å². The lowest BCUT2D eigenvalue weighted by Crippen LogP contribution is -2.01. The highest BCUT2D eigenvalue weighted by Crippen LogP contribution is 2.29. The van der Waals surface area contributed by atoms with Crippen LogP contribution in [0.5, 0.6) is 11.6 Å². The third-order valence-corrected chi connectivity index (χ3v) is 2.34. The van der Waals surface area contributed by atoms with Gasteiger partial charge in [-0.1, -0.05) is 17.7 Å². The largest absolute Gasteiger partial charge is 0.433 e. The van der Waals surface area contributed by atoms with E-state index < -0.39 is 29.1 Å². The van der Waals surface area contributed by atoms with Crippen molar-refractivity contribution in [2.45, 2.75) is 0 Å². The molecule has 0 saturated carbocycles. The molecule has 0 aliphatic rings. The average Bonchev–Trinajstić information content (AvgIpc) is 2.32. The van der Waals surface area contributed by atoms with Crippen LogP contribution in [-0.4, -0.2) is 4.98 Å². The van der Waals surface area contributed by atoms with Gasteiger partial charge >= 0.3 is 0 Å². The number of pyridine rings is 1. The van der Waals surface area contributed by atoms with Crippen LogP contribution in [0.4, 0.5) is 19.0 Å². The molecule has 2 rings (SSSR count). The molecule has 0 amide bonds. The molecule has 7 heteroatoms. The number of halogens is 4. The molecule has 0 aliphatic heterocycles. The molecule has 0 spiro atoms. The highest BCUT2D eigenvalue weighted by atomic mass is 35.5. The summed E-state index contributed by atoms with van der Waals surface area (Å²) in [4.78, 5) is 3.33. The third-order valence-electron chi connectivity index (χ3n) is 2.05. The van der Waals surface area contributed by atoms with E-state index >= 15 is 0 Å². The summed E-state index contributed by atoms with van der Waals surface area (Å²) >= 11 is 5.52. The minimum atomic E-state index is -1.10. The topological polar surface area (TPSA) is 48.1 Å². The lowest BCUT2D eigenvalue weighted by Gasteiger charge is -2.08. The van der Waals surface area contributed by atoms with Crippen LogP contribution >= 0.6 is 11.6 Å². The number of benzene rings is 1. The van der Waals surface area contributed by atoms with E-state index in [1.165, 1.54) is 18.2 Å². The summed E-state index contributed by atoms with van der Waals surface area (Å²) in [7, 11) is 0. The van der Waals surface area contributed by atoms with Crippen LogP contribution in [0, 0.1) is 17.5 Å². The second kappa shape index (κ2) is 4.73. The quantitative estimate of drug-likeness (QED) is 0.911. The molecule has 94 valence electrons. The fourth-order valence-electron chi connectivity index (χ4n) is 1.20. The van der Waals surface area contributed by atoms with Gasteiger partial charge in [-0.2, -0.15) is 4.98 Å². The molecule has 0 bridgehead atoms. The summed E-state index contributed by atoms with van der Waals surface area (Å²) < 4.78 is 44.5. The zero-order valence-electron chi connectivity index (χ0n) is 8.75. The van der Waals surface area contributed by atoms with Gasteiger partial charge < -0.3 is 10.5 Å². The van der Waals surface area contributed by atoms with Crippen LogP contribution < -0.4 is 10.5 Å². The number of rotatable bonds is 2. The lowest BCUT2D eigenvalue weighted by atomic mass is 10.3. The first-order valence-electron chi connectivity index (χ1n) is 4.72. The maximum atomic E-state index is 13.5. The minimum absolute atomic E-state index is 0.192. The second-order valence-corrected chi connectivity index (χ2v) is 3.70. The molecule has 0 atom stereocenters. The fraction of sp³-hybridized carbons (Fsp3) is 0. The summed E-state index contributed by atoms with van der Waals surface area (Å²) in [5.41, 5.74) is 5.16. The van der Waals surface area contributed by atoms with Gasteiger partial charge in [0.1, 0.15) is 0 Å². The first kappa shape index (κ1) is 12.5. The van der Waals surface area contributed by atoms with Gasteiger partial charge in [0.2, 0.25) is 0 Å².